The third-order valence-corrected chi connectivity index (χ3v) is 5.82. The Hall–Kier alpha value is -3.18. The highest BCUT2D eigenvalue weighted by Crippen LogP contribution is 2.38. The van der Waals surface area contributed by atoms with Crippen molar-refractivity contribution in [2.45, 2.75) is 38.4 Å². The van der Waals surface area contributed by atoms with Gasteiger partial charge in [0, 0.05) is 18.4 Å². The number of aromatic amines is 1. The lowest BCUT2D eigenvalue weighted by molar-refractivity contribution is 0.500. The molecule has 0 spiro atoms. The number of aryl methyl sites for hydroxylation is 1. The number of nitrogens with two attached hydrogens (primary N) is 1. The van der Waals surface area contributed by atoms with Crippen molar-refractivity contribution in [3.8, 4) is 0 Å². The standard InChI is InChI=1S/C24H25N5/c25-15-18-7-1-4-12-21(18)29(16-23-27-19-10-2-3-11-20(19)28-23)22-13-5-8-17-9-6-14-26-24(17)22/h1-4,6-7,9-12,14,22H,5,8,13,15-16,25H2,(H,27,28). The van der Waals surface area contributed by atoms with Gasteiger partial charge in [-0.2, -0.15) is 0 Å². The number of H-pyrrole nitrogens is 1. The van der Waals surface area contributed by atoms with E-state index >= 15 is 0 Å². The first-order chi connectivity index (χ1) is 14.3. The molecule has 0 fully saturated rings. The number of benzene rings is 2. The zero-order chi connectivity index (χ0) is 19.6. The minimum absolute atomic E-state index is 0.209. The summed E-state index contributed by atoms with van der Waals surface area (Å²) < 4.78 is 0. The van der Waals surface area contributed by atoms with Gasteiger partial charge >= 0.3 is 0 Å². The first kappa shape index (κ1) is 17.9. The van der Waals surface area contributed by atoms with E-state index in [1.165, 1.54) is 16.9 Å². The Labute approximate surface area is 170 Å². The first-order valence-electron chi connectivity index (χ1n) is 10.3. The Bertz CT molecular complexity index is 1100. The molecule has 5 rings (SSSR count). The molecule has 0 amide bonds. The van der Waals surface area contributed by atoms with Gasteiger partial charge in [0.25, 0.3) is 0 Å². The summed E-state index contributed by atoms with van der Waals surface area (Å²) in [4.78, 5) is 15.5. The van der Waals surface area contributed by atoms with Crippen LogP contribution in [0.3, 0.4) is 0 Å². The molecule has 5 nitrogen and oxygen atoms in total. The van der Waals surface area contributed by atoms with Crippen molar-refractivity contribution < 1.29 is 0 Å². The van der Waals surface area contributed by atoms with Crippen LogP contribution in [-0.4, -0.2) is 15.0 Å². The number of nitrogens with one attached hydrogen (secondary N) is 1. The van der Waals surface area contributed by atoms with Gasteiger partial charge in [0.1, 0.15) is 5.82 Å². The lowest BCUT2D eigenvalue weighted by atomic mass is 9.90. The summed E-state index contributed by atoms with van der Waals surface area (Å²) in [6.07, 6.45) is 5.23. The molecule has 0 radical (unpaired) electrons. The lowest BCUT2D eigenvalue weighted by Gasteiger charge is -2.37. The highest BCUT2D eigenvalue weighted by atomic mass is 15.2. The van der Waals surface area contributed by atoms with E-state index in [1.54, 1.807) is 0 Å². The molecule has 1 aliphatic rings. The largest absolute Gasteiger partial charge is 0.355 e. The number of anilines is 1. The summed E-state index contributed by atoms with van der Waals surface area (Å²) in [5, 5.41) is 0. The third kappa shape index (κ3) is 3.38. The fourth-order valence-corrected chi connectivity index (χ4v) is 4.46. The van der Waals surface area contributed by atoms with Gasteiger partial charge in [-0.1, -0.05) is 36.4 Å². The zero-order valence-corrected chi connectivity index (χ0v) is 16.4. The van der Waals surface area contributed by atoms with Gasteiger partial charge in [0.05, 0.1) is 29.3 Å². The number of para-hydroxylation sites is 3. The van der Waals surface area contributed by atoms with E-state index in [1.807, 2.05) is 30.5 Å². The van der Waals surface area contributed by atoms with Gasteiger partial charge in [0.15, 0.2) is 0 Å². The highest BCUT2D eigenvalue weighted by Gasteiger charge is 2.29. The number of rotatable bonds is 5. The SMILES string of the molecule is NCc1ccccc1N(Cc1nc2ccccc2[nH]1)C1CCCc2cccnc21. The predicted molar refractivity (Wildman–Crippen MR) is 117 cm³/mol. The molecule has 0 aliphatic heterocycles. The van der Waals surface area contributed by atoms with Crippen molar-refractivity contribution in [2.75, 3.05) is 4.90 Å². The highest BCUT2D eigenvalue weighted by molar-refractivity contribution is 5.74. The van der Waals surface area contributed by atoms with Crippen LogP contribution in [-0.2, 0) is 19.5 Å². The summed E-state index contributed by atoms with van der Waals surface area (Å²) >= 11 is 0. The molecule has 1 unspecified atom stereocenters. The Kier molecular flexibility index (Phi) is 4.74. The third-order valence-electron chi connectivity index (χ3n) is 5.82. The van der Waals surface area contributed by atoms with E-state index in [-0.39, 0.29) is 6.04 Å². The molecule has 1 atom stereocenters. The average Bonchev–Trinajstić information content (AvgIpc) is 3.20. The number of imidazole rings is 1. The van der Waals surface area contributed by atoms with E-state index in [9.17, 15) is 0 Å². The Morgan fingerprint density at radius 1 is 1.03 bits per heavy atom. The van der Waals surface area contributed by atoms with Crippen LogP contribution in [0.2, 0.25) is 0 Å². The van der Waals surface area contributed by atoms with Crippen LogP contribution < -0.4 is 10.6 Å². The van der Waals surface area contributed by atoms with Crippen LogP contribution in [0.5, 0.6) is 0 Å². The van der Waals surface area contributed by atoms with Crippen LogP contribution in [0.15, 0.2) is 66.9 Å². The molecule has 4 aromatic rings. The molecule has 5 heteroatoms. The van der Waals surface area contributed by atoms with E-state index < -0.39 is 0 Å². The van der Waals surface area contributed by atoms with Crippen LogP contribution in [0.25, 0.3) is 11.0 Å². The first-order valence-corrected chi connectivity index (χ1v) is 10.3. The zero-order valence-electron chi connectivity index (χ0n) is 16.4. The maximum atomic E-state index is 6.10. The van der Waals surface area contributed by atoms with Crippen molar-refractivity contribution in [1.82, 2.24) is 15.0 Å². The normalized spacial score (nSPS) is 16.0. The van der Waals surface area contributed by atoms with Gasteiger partial charge in [-0.05, 0) is 54.7 Å². The molecular formula is C24H25N5. The topological polar surface area (TPSA) is 70.8 Å². The van der Waals surface area contributed by atoms with Gasteiger partial charge in [-0.25, -0.2) is 4.98 Å². The Morgan fingerprint density at radius 3 is 2.79 bits per heavy atom. The number of hydrogen-bond acceptors (Lipinski definition) is 4. The Morgan fingerprint density at radius 2 is 1.90 bits per heavy atom. The maximum Gasteiger partial charge on any atom is 0.126 e. The van der Waals surface area contributed by atoms with E-state index in [0.717, 1.165) is 41.7 Å². The van der Waals surface area contributed by atoms with Gasteiger partial charge in [0.2, 0.25) is 0 Å². The summed E-state index contributed by atoms with van der Waals surface area (Å²) in [5.74, 6) is 0.959. The molecule has 3 N–H and O–H groups in total. The van der Waals surface area contributed by atoms with Gasteiger partial charge in [-0.15, -0.1) is 0 Å². The lowest BCUT2D eigenvalue weighted by Crippen LogP contribution is -2.33. The molecule has 2 heterocycles. The summed E-state index contributed by atoms with van der Waals surface area (Å²) in [5.41, 5.74) is 13.0. The smallest absolute Gasteiger partial charge is 0.126 e. The molecule has 0 bridgehead atoms. The van der Waals surface area contributed by atoms with Crippen LogP contribution >= 0.6 is 0 Å². The van der Waals surface area contributed by atoms with E-state index in [4.69, 9.17) is 15.7 Å². The summed E-state index contributed by atoms with van der Waals surface area (Å²) in [7, 11) is 0. The molecule has 2 aromatic heterocycles. The summed E-state index contributed by atoms with van der Waals surface area (Å²) in [6.45, 7) is 1.20. The van der Waals surface area contributed by atoms with Crippen LogP contribution in [0.1, 0.15) is 41.5 Å². The van der Waals surface area contributed by atoms with E-state index in [0.29, 0.717) is 13.1 Å². The minimum atomic E-state index is 0.209. The molecule has 1 aliphatic carbocycles. The van der Waals surface area contributed by atoms with Gasteiger partial charge < -0.3 is 15.6 Å². The fraction of sp³-hybridized carbons (Fsp3) is 0.250. The van der Waals surface area contributed by atoms with Crippen molar-refractivity contribution in [3.05, 3.63) is 89.5 Å². The number of pyridine rings is 1. The molecule has 146 valence electrons. The second-order valence-corrected chi connectivity index (χ2v) is 7.62. The van der Waals surface area contributed by atoms with Crippen molar-refractivity contribution >= 4 is 16.7 Å². The second kappa shape index (κ2) is 7.68. The van der Waals surface area contributed by atoms with E-state index in [2.05, 4.69) is 46.3 Å². The molecular weight excluding hydrogens is 358 g/mol. The minimum Gasteiger partial charge on any atom is -0.355 e. The molecule has 0 saturated heterocycles. The maximum absolute atomic E-state index is 6.10. The van der Waals surface area contributed by atoms with Crippen molar-refractivity contribution in [2.24, 2.45) is 5.73 Å². The quantitative estimate of drug-likeness (QED) is 0.532. The number of hydrogen-bond donors (Lipinski definition) is 2. The molecule has 2 aromatic carbocycles. The van der Waals surface area contributed by atoms with Gasteiger partial charge in [-0.3, -0.25) is 4.98 Å². The second-order valence-electron chi connectivity index (χ2n) is 7.62. The predicted octanol–water partition coefficient (Wildman–Crippen LogP) is 4.50. The average molecular weight is 383 g/mol. The number of aromatic nitrogens is 3. The Balaban J connectivity index is 1.60. The van der Waals surface area contributed by atoms with Crippen molar-refractivity contribution in [3.63, 3.8) is 0 Å². The fourth-order valence-electron chi connectivity index (χ4n) is 4.46. The summed E-state index contributed by atoms with van der Waals surface area (Å²) in [6, 6.07) is 21.1. The van der Waals surface area contributed by atoms with Crippen LogP contribution in [0, 0.1) is 0 Å². The number of fused-ring (bicyclic) bond motifs is 2. The number of nitrogens with zero attached hydrogens (tertiary/aromatic N) is 3. The molecule has 0 saturated carbocycles. The molecule has 29 heavy (non-hydrogen) atoms. The van der Waals surface area contributed by atoms with Crippen LogP contribution in [0.4, 0.5) is 5.69 Å². The van der Waals surface area contributed by atoms with Crippen molar-refractivity contribution in [1.29, 1.82) is 0 Å². The monoisotopic (exact) mass is 383 g/mol.